The lowest BCUT2D eigenvalue weighted by atomic mass is 10.3. The van der Waals surface area contributed by atoms with E-state index < -0.39 is 0 Å². The van der Waals surface area contributed by atoms with Gasteiger partial charge >= 0.3 is 5.30 Å². The van der Waals surface area contributed by atoms with Crippen molar-refractivity contribution in [2.45, 2.75) is 6.92 Å². The van der Waals surface area contributed by atoms with E-state index in [4.69, 9.17) is 4.74 Å². The van der Waals surface area contributed by atoms with Crippen molar-refractivity contribution >= 4 is 17.1 Å². The summed E-state index contributed by atoms with van der Waals surface area (Å²) >= 11 is 1.16. The van der Waals surface area contributed by atoms with Crippen LogP contribution in [0.25, 0.3) is 0 Å². The predicted molar refractivity (Wildman–Crippen MR) is 50.6 cm³/mol. The van der Waals surface area contributed by atoms with Crippen LogP contribution in [0.15, 0.2) is 30.3 Å². The molecule has 0 amide bonds. The van der Waals surface area contributed by atoms with E-state index in [1.165, 1.54) is 0 Å². The summed E-state index contributed by atoms with van der Waals surface area (Å²) in [6.45, 7) is 1.91. The van der Waals surface area contributed by atoms with E-state index in [1.54, 1.807) is 12.1 Å². The summed E-state index contributed by atoms with van der Waals surface area (Å²) in [5, 5.41) is -0.247. The number of benzene rings is 1. The molecule has 64 valence electrons. The predicted octanol–water partition coefficient (Wildman–Crippen LogP) is 2.94. The van der Waals surface area contributed by atoms with Crippen LogP contribution in [-0.2, 0) is 0 Å². The molecule has 0 unspecified atom stereocenters. The first-order chi connectivity index (χ1) is 5.83. The Kier molecular flexibility index (Phi) is 3.67. The SMILES string of the molecule is CCSC(=O)Oc1ccccc1. The molecule has 1 aromatic carbocycles. The van der Waals surface area contributed by atoms with Crippen LogP contribution in [0.1, 0.15) is 6.92 Å². The van der Waals surface area contributed by atoms with Gasteiger partial charge in [-0.05, 0) is 23.9 Å². The van der Waals surface area contributed by atoms with Crippen LogP contribution in [0.5, 0.6) is 5.75 Å². The number of hydrogen-bond acceptors (Lipinski definition) is 3. The Bertz CT molecular complexity index is 246. The molecule has 0 saturated heterocycles. The van der Waals surface area contributed by atoms with Gasteiger partial charge in [0.25, 0.3) is 0 Å². The molecule has 1 rings (SSSR count). The summed E-state index contributed by atoms with van der Waals surface area (Å²) in [7, 11) is 0. The van der Waals surface area contributed by atoms with Crippen LogP contribution in [-0.4, -0.2) is 11.1 Å². The second kappa shape index (κ2) is 4.83. The number of para-hydroxylation sites is 1. The van der Waals surface area contributed by atoms with Crippen molar-refractivity contribution in [3.05, 3.63) is 30.3 Å². The van der Waals surface area contributed by atoms with Gasteiger partial charge in [0.2, 0.25) is 0 Å². The lowest BCUT2D eigenvalue weighted by Crippen LogP contribution is -2.00. The lowest BCUT2D eigenvalue weighted by molar-refractivity contribution is 0.227. The zero-order chi connectivity index (χ0) is 8.81. The maximum absolute atomic E-state index is 11.0. The number of hydrogen-bond donors (Lipinski definition) is 0. The minimum Gasteiger partial charge on any atom is -0.418 e. The van der Waals surface area contributed by atoms with Gasteiger partial charge in [0.1, 0.15) is 5.75 Å². The Balaban J connectivity index is 2.47. The van der Waals surface area contributed by atoms with Crippen LogP contribution in [0.4, 0.5) is 4.79 Å². The Morgan fingerprint density at radius 2 is 2.08 bits per heavy atom. The lowest BCUT2D eigenvalue weighted by Gasteiger charge is -2.00. The van der Waals surface area contributed by atoms with Gasteiger partial charge in [-0.2, -0.15) is 0 Å². The summed E-state index contributed by atoms with van der Waals surface area (Å²) < 4.78 is 4.98. The van der Waals surface area contributed by atoms with Crippen molar-refractivity contribution < 1.29 is 9.53 Å². The third-order valence-electron chi connectivity index (χ3n) is 1.21. The molecule has 0 aliphatic carbocycles. The highest BCUT2D eigenvalue weighted by Gasteiger charge is 2.01. The second-order valence-electron chi connectivity index (χ2n) is 2.10. The van der Waals surface area contributed by atoms with Gasteiger partial charge in [-0.1, -0.05) is 25.1 Å². The molecule has 12 heavy (non-hydrogen) atoms. The van der Waals surface area contributed by atoms with E-state index >= 15 is 0 Å². The van der Waals surface area contributed by atoms with Gasteiger partial charge in [-0.25, -0.2) is 4.79 Å². The van der Waals surface area contributed by atoms with E-state index in [0.29, 0.717) is 5.75 Å². The first kappa shape index (κ1) is 9.13. The Morgan fingerprint density at radius 3 is 2.67 bits per heavy atom. The number of thioether (sulfide) groups is 1. The molecular weight excluding hydrogens is 172 g/mol. The second-order valence-corrected chi connectivity index (χ2v) is 3.30. The van der Waals surface area contributed by atoms with E-state index in [1.807, 2.05) is 25.1 Å². The Hall–Kier alpha value is -0.960. The standard InChI is InChI=1S/C9H10O2S/c1-2-12-9(10)11-8-6-4-3-5-7-8/h3-7H,2H2,1H3. The van der Waals surface area contributed by atoms with Crippen molar-refractivity contribution in [3.63, 3.8) is 0 Å². The van der Waals surface area contributed by atoms with E-state index in [0.717, 1.165) is 17.5 Å². The average Bonchev–Trinajstić information content (AvgIpc) is 2.06. The number of carbonyl (C=O) groups is 1. The largest absolute Gasteiger partial charge is 0.418 e. The highest BCUT2D eigenvalue weighted by atomic mass is 32.2. The molecular formula is C9H10O2S. The maximum atomic E-state index is 11.0. The van der Waals surface area contributed by atoms with Crippen molar-refractivity contribution in [1.82, 2.24) is 0 Å². The summed E-state index contributed by atoms with van der Waals surface area (Å²) in [4.78, 5) is 11.0. The fraction of sp³-hybridized carbons (Fsp3) is 0.222. The molecule has 0 radical (unpaired) electrons. The molecule has 0 heterocycles. The van der Waals surface area contributed by atoms with E-state index in [9.17, 15) is 4.79 Å². The smallest absolute Gasteiger partial charge is 0.372 e. The molecule has 0 N–H and O–H groups in total. The van der Waals surface area contributed by atoms with Crippen molar-refractivity contribution in [1.29, 1.82) is 0 Å². The average molecular weight is 182 g/mol. The highest BCUT2D eigenvalue weighted by Crippen LogP contribution is 2.13. The van der Waals surface area contributed by atoms with Gasteiger partial charge in [0, 0.05) is 5.75 Å². The first-order valence-corrected chi connectivity index (χ1v) is 4.71. The monoisotopic (exact) mass is 182 g/mol. The summed E-state index contributed by atoms with van der Waals surface area (Å²) in [6.07, 6.45) is 0. The van der Waals surface area contributed by atoms with Crippen molar-refractivity contribution in [3.8, 4) is 5.75 Å². The van der Waals surface area contributed by atoms with Crippen molar-refractivity contribution in [2.24, 2.45) is 0 Å². The number of carbonyl (C=O) groups excluding carboxylic acids is 1. The zero-order valence-electron chi connectivity index (χ0n) is 6.82. The van der Waals surface area contributed by atoms with Crippen LogP contribution >= 0.6 is 11.8 Å². The van der Waals surface area contributed by atoms with Crippen LogP contribution in [0, 0.1) is 0 Å². The zero-order valence-corrected chi connectivity index (χ0v) is 7.64. The number of ether oxygens (including phenoxy) is 1. The van der Waals surface area contributed by atoms with Gasteiger partial charge in [-0.3, -0.25) is 0 Å². The quantitative estimate of drug-likeness (QED) is 0.658. The molecule has 0 aliphatic heterocycles. The summed E-state index contributed by atoms with van der Waals surface area (Å²) in [5.74, 6) is 1.34. The first-order valence-electron chi connectivity index (χ1n) is 3.72. The molecule has 0 aromatic heterocycles. The Labute approximate surface area is 75.9 Å². The van der Waals surface area contributed by atoms with E-state index in [-0.39, 0.29) is 5.30 Å². The molecule has 0 spiro atoms. The Morgan fingerprint density at radius 1 is 1.42 bits per heavy atom. The van der Waals surface area contributed by atoms with Gasteiger partial charge in [0.15, 0.2) is 0 Å². The van der Waals surface area contributed by atoms with Gasteiger partial charge in [0.05, 0.1) is 0 Å². The minimum atomic E-state index is -0.247. The van der Waals surface area contributed by atoms with Crippen LogP contribution < -0.4 is 4.74 Å². The fourth-order valence-corrected chi connectivity index (χ4v) is 1.12. The van der Waals surface area contributed by atoms with Crippen LogP contribution in [0.3, 0.4) is 0 Å². The molecule has 0 bridgehead atoms. The summed E-state index contributed by atoms with van der Waals surface area (Å²) in [5.41, 5.74) is 0. The third kappa shape index (κ3) is 2.96. The highest BCUT2D eigenvalue weighted by molar-refractivity contribution is 8.13. The van der Waals surface area contributed by atoms with E-state index in [2.05, 4.69) is 0 Å². The normalized spacial score (nSPS) is 9.42. The molecule has 1 aromatic rings. The van der Waals surface area contributed by atoms with Crippen LogP contribution in [0.2, 0.25) is 0 Å². The van der Waals surface area contributed by atoms with Crippen molar-refractivity contribution in [2.75, 3.05) is 5.75 Å². The third-order valence-corrected chi connectivity index (χ3v) is 1.81. The molecule has 0 aliphatic rings. The molecule has 0 fully saturated rings. The van der Waals surface area contributed by atoms with Gasteiger partial charge in [-0.15, -0.1) is 0 Å². The number of rotatable bonds is 2. The summed E-state index contributed by atoms with van der Waals surface area (Å²) in [6, 6.07) is 9.06. The molecule has 2 nitrogen and oxygen atoms in total. The maximum Gasteiger partial charge on any atom is 0.372 e. The minimum absolute atomic E-state index is 0.247. The molecule has 3 heteroatoms. The fourth-order valence-electron chi connectivity index (χ4n) is 0.732. The molecule has 0 saturated carbocycles. The topological polar surface area (TPSA) is 26.3 Å². The van der Waals surface area contributed by atoms with Gasteiger partial charge < -0.3 is 4.74 Å². The molecule has 0 atom stereocenters.